The second-order valence-corrected chi connectivity index (χ2v) is 6.66. The molecule has 1 aliphatic heterocycles. The zero-order valence-electron chi connectivity index (χ0n) is 14.2. The third kappa shape index (κ3) is 5.24. The molecule has 7 nitrogen and oxygen atoms in total. The summed E-state index contributed by atoms with van der Waals surface area (Å²) in [7, 11) is 0. The number of hydrogen-bond acceptors (Lipinski definition) is 7. The fraction of sp³-hybridized carbons (Fsp3) is 0.688. The molecule has 2 N–H and O–H groups in total. The summed E-state index contributed by atoms with van der Waals surface area (Å²) in [5.74, 6) is 0.691. The molecular formula is C16H25N3O4S. The Bertz CT molecular complexity index is 543. The number of esters is 1. The Morgan fingerprint density at radius 1 is 1.58 bits per heavy atom. The van der Waals surface area contributed by atoms with E-state index in [2.05, 4.69) is 15.6 Å². The van der Waals surface area contributed by atoms with Crippen molar-refractivity contribution in [1.82, 2.24) is 15.6 Å². The van der Waals surface area contributed by atoms with Crippen LogP contribution in [0.1, 0.15) is 48.5 Å². The van der Waals surface area contributed by atoms with Crippen LogP contribution in [0.25, 0.3) is 0 Å². The Morgan fingerprint density at radius 2 is 2.42 bits per heavy atom. The van der Waals surface area contributed by atoms with Gasteiger partial charge in [0.25, 0.3) is 5.91 Å². The van der Waals surface area contributed by atoms with Crippen LogP contribution >= 0.6 is 11.8 Å². The van der Waals surface area contributed by atoms with E-state index >= 15 is 0 Å². The maximum Gasteiger partial charge on any atom is 0.328 e. The fourth-order valence-corrected chi connectivity index (χ4v) is 3.07. The number of hydrogen-bond donors (Lipinski definition) is 2. The molecule has 0 aliphatic carbocycles. The van der Waals surface area contributed by atoms with E-state index in [1.54, 1.807) is 18.7 Å². The van der Waals surface area contributed by atoms with E-state index in [9.17, 15) is 9.59 Å². The average molecular weight is 355 g/mol. The van der Waals surface area contributed by atoms with Crippen molar-refractivity contribution in [3.63, 3.8) is 0 Å². The van der Waals surface area contributed by atoms with Gasteiger partial charge in [-0.15, -0.1) is 0 Å². The summed E-state index contributed by atoms with van der Waals surface area (Å²) >= 11 is 1.61. The van der Waals surface area contributed by atoms with Gasteiger partial charge in [-0.1, -0.05) is 0 Å². The Labute approximate surface area is 146 Å². The van der Waals surface area contributed by atoms with Crippen molar-refractivity contribution in [1.29, 1.82) is 0 Å². The summed E-state index contributed by atoms with van der Waals surface area (Å²) in [5, 5.41) is 6.00. The van der Waals surface area contributed by atoms with Crippen molar-refractivity contribution in [2.45, 2.75) is 38.1 Å². The van der Waals surface area contributed by atoms with E-state index in [1.807, 2.05) is 6.26 Å². The summed E-state index contributed by atoms with van der Waals surface area (Å²) in [6, 6.07) is -0.665. The van der Waals surface area contributed by atoms with Gasteiger partial charge in [0.15, 0.2) is 11.6 Å². The molecule has 0 radical (unpaired) electrons. The third-order valence-electron chi connectivity index (χ3n) is 3.89. The van der Waals surface area contributed by atoms with Gasteiger partial charge in [0, 0.05) is 12.5 Å². The van der Waals surface area contributed by atoms with Crippen molar-refractivity contribution in [3.8, 4) is 0 Å². The minimum Gasteiger partial charge on any atom is -0.464 e. The molecule has 0 saturated carbocycles. The topological polar surface area (TPSA) is 93.5 Å². The molecule has 24 heavy (non-hydrogen) atoms. The average Bonchev–Trinajstić information content (AvgIpc) is 3.09. The molecular weight excluding hydrogens is 330 g/mol. The first kappa shape index (κ1) is 18.8. The lowest BCUT2D eigenvalue weighted by atomic mass is 10.00. The van der Waals surface area contributed by atoms with Crippen LogP contribution in [-0.4, -0.2) is 54.6 Å². The van der Waals surface area contributed by atoms with E-state index in [-0.39, 0.29) is 18.2 Å². The number of nitrogens with one attached hydrogen (secondary N) is 2. The maximum absolute atomic E-state index is 12.4. The Kier molecular flexibility index (Phi) is 7.58. The predicted octanol–water partition coefficient (Wildman–Crippen LogP) is 1.56. The minimum atomic E-state index is -0.665. The molecule has 1 fully saturated rings. The number of amides is 1. The molecule has 1 aromatic heterocycles. The number of piperidine rings is 1. The molecule has 0 bridgehead atoms. The lowest BCUT2D eigenvalue weighted by Gasteiger charge is -2.19. The van der Waals surface area contributed by atoms with E-state index in [0.29, 0.717) is 12.3 Å². The van der Waals surface area contributed by atoms with Gasteiger partial charge in [-0.3, -0.25) is 4.79 Å². The maximum atomic E-state index is 12.4. The number of oxazole rings is 1. The summed E-state index contributed by atoms with van der Waals surface area (Å²) in [5.41, 5.74) is 0.203. The highest BCUT2D eigenvalue weighted by atomic mass is 32.2. The highest BCUT2D eigenvalue weighted by Gasteiger charge is 2.25. The van der Waals surface area contributed by atoms with E-state index in [0.717, 1.165) is 31.7 Å². The van der Waals surface area contributed by atoms with Gasteiger partial charge < -0.3 is 19.8 Å². The van der Waals surface area contributed by atoms with E-state index < -0.39 is 17.9 Å². The molecule has 1 aliphatic rings. The quantitative estimate of drug-likeness (QED) is 0.683. The molecule has 1 saturated heterocycles. The predicted molar refractivity (Wildman–Crippen MR) is 92.2 cm³/mol. The molecule has 0 aromatic carbocycles. The lowest BCUT2D eigenvalue weighted by molar-refractivity contribution is -0.145. The van der Waals surface area contributed by atoms with Crippen LogP contribution in [0.15, 0.2) is 10.7 Å². The lowest BCUT2D eigenvalue weighted by Crippen LogP contribution is -2.42. The first-order valence-electron chi connectivity index (χ1n) is 8.28. The smallest absolute Gasteiger partial charge is 0.328 e. The molecule has 0 spiro atoms. The molecule has 1 amide bonds. The Balaban J connectivity index is 1.98. The molecule has 2 rings (SSSR count). The number of ether oxygens (including phenoxy) is 1. The van der Waals surface area contributed by atoms with Crippen molar-refractivity contribution in [2.24, 2.45) is 0 Å². The van der Waals surface area contributed by atoms with Crippen LogP contribution < -0.4 is 10.6 Å². The van der Waals surface area contributed by atoms with Gasteiger partial charge in [-0.2, -0.15) is 11.8 Å². The summed E-state index contributed by atoms with van der Waals surface area (Å²) < 4.78 is 10.5. The van der Waals surface area contributed by atoms with Gasteiger partial charge in [0.2, 0.25) is 0 Å². The first-order chi connectivity index (χ1) is 11.7. The van der Waals surface area contributed by atoms with Gasteiger partial charge >= 0.3 is 5.97 Å². The molecule has 1 aromatic rings. The van der Waals surface area contributed by atoms with E-state index in [1.165, 1.54) is 6.26 Å². The van der Waals surface area contributed by atoms with Crippen LogP contribution in [0.2, 0.25) is 0 Å². The van der Waals surface area contributed by atoms with Crippen LogP contribution in [0.5, 0.6) is 0 Å². The van der Waals surface area contributed by atoms with Crippen LogP contribution in [0, 0.1) is 0 Å². The standard InChI is InChI=1S/C16H25N3O4S/c1-3-22-16(21)12(6-8-24-2)18-14(20)13-10-23-15(19-13)11-5-4-7-17-9-11/h10-12,17H,3-9H2,1-2H3,(H,18,20). The SMILES string of the molecule is CCOC(=O)C(CCSC)NC(=O)c1coc(C2CCCNC2)n1. The monoisotopic (exact) mass is 355 g/mol. The number of carbonyl (C=O) groups is 2. The second kappa shape index (κ2) is 9.68. The number of thioether (sulfide) groups is 1. The van der Waals surface area contributed by atoms with Crippen molar-refractivity contribution >= 4 is 23.6 Å². The minimum absolute atomic E-state index is 0.192. The third-order valence-corrected chi connectivity index (χ3v) is 4.53. The van der Waals surface area contributed by atoms with Gasteiger partial charge in [0.1, 0.15) is 12.3 Å². The summed E-state index contributed by atoms with van der Waals surface area (Å²) in [6.45, 7) is 3.84. The fourth-order valence-electron chi connectivity index (χ4n) is 2.60. The highest BCUT2D eigenvalue weighted by Crippen LogP contribution is 2.22. The zero-order valence-corrected chi connectivity index (χ0v) is 15.0. The van der Waals surface area contributed by atoms with Crippen molar-refractivity contribution in [2.75, 3.05) is 31.7 Å². The second-order valence-electron chi connectivity index (χ2n) is 5.67. The molecule has 2 heterocycles. The number of rotatable bonds is 8. The van der Waals surface area contributed by atoms with E-state index in [4.69, 9.17) is 9.15 Å². The number of nitrogens with zero attached hydrogens (tertiary/aromatic N) is 1. The van der Waals surface area contributed by atoms with Gasteiger partial charge in [0.05, 0.1) is 6.61 Å². The van der Waals surface area contributed by atoms with Crippen molar-refractivity contribution in [3.05, 3.63) is 17.8 Å². The molecule has 2 atom stereocenters. The molecule has 8 heteroatoms. The van der Waals surface area contributed by atoms with Crippen LogP contribution in [0.4, 0.5) is 0 Å². The molecule has 2 unspecified atom stereocenters. The first-order valence-corrected chi connectivity index (χ1v) is 9.67. The summed E-state index contributed by atoms with van der Waals surface area (Å²) in [6.07, 6.45) is 5.88. The summed E-state index contributed by atoms with van der Waals surface area (Å²) in [4.78, 5) is 28.6. The Hall–Kier alpha value is -1.54. The molecule has 134 valence electrons. The Morgan fingerprint density at radius 3 is 3.08 bits per heavy atom. The van der Waals surface area contributed by atoms with Crippen LogP contribution in [-0.2, 0) is 9.53 Å². The number of aromatic nitrogens is 1. The number of carbonyl (C=O) groups excluding carboxylic acids is 2. The van der Waals surface area contributed by atoms with Crippen molar-refractivity contribution < 1.29 is 18.7 Å². The van der Waals surface area contributed by atoms with Gasteiger partial charge in [-0.05, 0) is 44.7 Å². The largest absolute Gasteiger partial charge is 0.464 e. The van der Waals surface area contributed by atoms with Gasteiger partial charge in [-0.25, -0.2) is 9.78 Å². The zero-order chi connectivity index (χ0) is 17.4. The normalized spacial score (nSPS) is 18.8. The highest BCUT2D eigenvalue weighted by molar-refractivity contribution is 7.98. The van der Waals surface area contributed by atoms with Crippen LogP contribution in [0.3, 0.4) is 0 Å².